The summed E-state index contributed by atoms with van der Waals surface area (Å²) in [6.45, 7) is 19.1. The lowest BCUT2D eigenvalue weighted by Crippen LogP contribution is -2.35. The molecule has 1 unspecified atom stereocenters. The highest BCUT2D eigenvalue weighted by atomic mass is 16.5. The van der Waals surface area contributed by atoms with Crippen LogP contribution in [0.2, 0.25) is 0 Å². The number of nitrogens with one attached hydrogen (secondary N) is 3. The molecule has 0 aromatic carbocycles. The quantitative estimate of drug-likeness (QED) is 0.413. The van der Waals surface area contributed by atoms with Gasteiger partial charge in [0.05, 0.1) is 6.61 Å². The van der Waals surface area contributed by atoms with Gasteiger partial charge in [0, 0.05) is 50.0 Å². The van der Waals surface area contributed by atoms with Gasteiger partial charge in [-0.3, -0.25) is 0 Å². The Morgan fingerprint density at radius 1 is 0.562 bits per heavy atom. The molecule has 0 bridgehead atoms. The summed E-state index contributed by atoms with van der Waals surface area (Å²) in [6.07, 6.45) is 14.0. The lowest BCUT2D eigenvalue weighted by atomic mass is 9.95. The van der Waals surface area contributed by atoms with E-state index in [-0.39, 0.29) is 0 Å². The predicted molar refractivity (Wildman–Crippen MR) is 143 cm³/mol. The van der Waals surface area contributed by atoms with Gasteiger partial charge in [-0.05, 0) is 32.1 Å². The minimum absolute atomic E-state index is 0.594. The summed E-state index contributed by atoms with van der Waals surface area (Å²) in [6, 6.07) is 4.22. The number of rotatable bonds is 6. The fraction of sp³-hybridized carbons (Fsp3) is 1.00. The number of hydrogen-bond donors (Lipinski definition) is 4. The lowest BCUT2D eigenvalue weighted by molar-refractivity contribution is 0.188. The van der Waals surface area contributed by atoms with Crippen molar-refractivity contribution in [2.75, 3.05) is 20.3 Å². The highest BCUT2D eigenvalue weighted by Gasteiger charge is 2.15. The van der Waals surface area contributed by atoms with Gasteiger partial charge < -0.3 is 25.8 Å². The summed E-state index contributed by atoms with van der Waals surface area (Å²) in [5, 5.41) is 17.5. The van der Waals surface area contributed by atoms with Gasteiger partial charge in [0.2, 0.25) is 0 Å². The SMILES string of the molecule is CC.CC(C)NC1CCCC1.CC(C)NC1CCCCC1.CC(C)NC1CCOC1.CO. The Bertz CT molecular complexity index is 325. The first-order valence-corrected chi connectivity index (χ1v) is 13.7. The molecule has 2 aliphatic carbocycles. The van der Waals surface area contributed by atoms with Crippen molar-refractivity contribution in [3.8, 4) is 0 Å². The molecular weight excluding hydrogens is 398 g/mol. The number of aliphatic hydroxyl groups excluding tert-OH is 1. The molecule has 3 aliphatic rings. The second kappa shape index (κ2) is 23.9. The molecule has 3 rings (SSSR count). The second-order valence-electron chi connectivity index (χ2n) is 9.84. The van der Waals surface area contributed by atoms with Crippen LogP contribution in [0.5, 0.6) is 0 Å². The first-order valence-electron chi connectivity index (χ1n) is 13.7. The third kappa shape index (κ3) is 21.6. The molecule has 0 spiro atoms. The van der Waals surface area contributed by atoms with Gasteiger partial charge in [0.1, 0.15) is 0 Å². The van der Waals surface area contributed by atoms with E-state index in [0.29, 0.717) is 24.2 Å². The standard InChI is InChI=1S/C9H19N.C8H17N.C7H15NO.C2H6.CH4O/c1-8(2)10-9-6-4-3-5-7-9;1-7(2)9-8-5-3-4-6-8;1-6(2)8-7-3-4-9-5-7;2*1-2/h8-10H,3-7H2,1-2H3;7-9H,3-6H2,1-2H3;6-8H,3-5H2,1-2H3;1-2H3;2H,1H3. The molecule has 1 saturated heterocycles. The van der Waals surface area contributed by atoms with Gasteiger partial charge in [-0.2, -0.15) is 0 Å². The molecule has 1 heterocycles. The highest BCUT2D eigenvalue weighted by molar-refractivity contribution is 4.75. The van der Waals surface area contributed by atoms with Crippen molar-refractivity contribution >= 4 is 0 Å². The van der Waals surface area contributed by atoms with Crippen molar-refractivity contribution in [3.05, 3.63) is 0 Å². The van der Waals surface area contributed by atoms with Crippen LogP contribution in [0, 0.1) is 0 Å². The highest BCUT2D eigenvalue weighted by Crippen LogP contribution is 2.18. The van der Waals surface area contributed by atoms with Gasteiger partial charge in [0.25, 0.3) is 0 Å². The van der Waals surface area contributed by atoms with Crippen LogP contribution in [0.1, 0.15) is 120 Å². The fourth-order valence-corrected chi connectivity index (χ4v) is 4.44. The molecule has 5 heteroatoms. The maximum atomic E-state index is 7.00. The van der Waals surface area contributed by atoms with Crippen LogP contribution in [-0.4, -0.2) is 61.7 Å². The number of ether oxygens (including phenoxy) is 1. The molecule has 2 saturated carbocycles. The fourth-order valence-electron chi connectivity index (χ4n) is 4.44. The van der Waals surface area contributed by atoms with Crippen molar-refractivity contribution in [3.63, 3.8) is 0 Å². The molecule has 196 valence electrons. The van der Waals surface area contributed by atoms with Crippen LogP contribution >= 0.6 is 0 Å². The van der Waals surface area contributed by atoms with Gasteiger partial charge >= 0.3 is 0 Å². The predicted octanol–water partition coefficient (Wildman–Crippen LogP) is 5.65. The zero-order chi connectivity index (χ0) is 24.8. The number of aliphatic hydroxyl groups is 1. The minimum Gasteiger partial charge on any atom is -0.400 e. The number of hydrogen-bond acceptors (Lipinski definition) is 5. The molecule has 1 atom stereocenters. The van der Waals surface area contributed by atoms with Gasteiger partial charge in [0.15, 0.2) is 0 Å². The van der Waals surface area contributed by atoms with Crippen molar-refractivity contribution < 1.29 is 9.84 Å². The molecule has 0 aromatic heterocycles. The van der Waals surface area contributed by atoms with Crippen LogP contribution in [0.25, 0.3) is 0 Å². The summed E-state index contributed by atoms with van der Waals surface area (Å²) in [4.78, 5) is 0. The third-order valence-corrected chi connectivity index (χ3v) is 5.60. The molecule has 1 aliphatic heterocycles. The lowest BCUT2D eigenvalue weighted by Gasteiger charge is -2.24. The molecule has 0 aromatic rings. The van der Waals surface area contributed by atoms with Crippen LogP contribution < -0.4 is 16.0 Å². The van der Waals surface area contributed by atoms with E-state index in [4.69, 9.17) is 9.84 Å². The van der Waals surface area contributed by atoms with E-state index < -0.39 is 0 Å². The Morgan fingerprint density at radius 3 is 1.22 bits per heavy atom. The molecule has 0 radical (unpaired) electrons. The van der Waals surface area contributed by atoms with Crippen LogP contribution in [-0.2, 0) is 4.74 Å². The van der Waals surface area contributed by atoms with E-state index in [9.17, 15) is 0 Å². The van der Waals surface area contributed by atoms with Crippen molar-refractivity contribution in [2.24, 2.45) is 0 Å². The summed E-state index contributed by atoms with van der Waals surface area (Å²) in [7, 11) is 1.00. The Kier molecular flexibility index (Phi) is 25.4. The smallest absolute Gasteiger partial charge is 0.0620 e. The van der Waals surface area contributed by atoms with E-state index in [1.807, 2.05) is 13.8 Å². The monoisotopic (exact) mass is 459 g/mol. The summed E-state index contributed by atoms with van der Waals surface area (Å²) < 4.78 is 5.20. The van der Waals surface area contributed by atoms with E-state index in [2.05, 4.69) is 57.5 Å². The molecule has 3 fully saturated rings. The summed E-state index contributed by atoms with van der Waals surface area (Å²) >= 11 is 0. The molecule has 4 N–H and O–H groups in total. The van der Waals surface area contributed by atoms with Crippen LogP contribution in [0.4, 0.5) is 0 Å². The summed E-state index contributed by atoms with van der Waals surface area (Å²) in [5.41, 5.74) is 0. The van der Waals surface area contributed by atoms with Crippen molar-refractivity contribution in [1.82, 2.24) is 16.0 Å². The van der Waals surface area contributed by atoms with E-state index in [1.54, 1.807) is 0 Å². The van der Waals surface area contributed by atoms with Crippen LogP contribution in [0.3, 0.4) is 0 Å². The molecule has 5 nitrogen and oxygen atoms in total. The first-order chi connectivity index (χ1) is 15.4. The van der Waals surface area contributed by atoms with Gasteiger partial charge in [-0.15, -0.1) is 0 Å². The molecule has 0 amide bonds. The average Bonchev–Trinajstić information content (AvgIpc) is 3.46. The first kappa shape index (κ1) is 34.0. The molecular formula is C27H61N3O2. The van der Waals surface area contributed by atoms with Crippen molar-refractivity contribution in [2.45, 2.75) is 156 Å². The van der Waals surface area contributed by atoms with Crippen molar-refractivity contribution in [1.29, 1.82) is 0 Å². The third-order valence-electron chi connectivity index (χ3n) is 5.60. The largest absolute Gasteiger partial charge is 0.400 e. The Labute approximate surface area is 202 Å². The van der Waals surface area contributed by atoms with Gasteiger partial charge in [-0.25, -0.2) is 0 Å². The Balaban J connectivity index is 0. The maximum absolute atomic E-state index is 7.00. The normalized spacial score (nSPS) is 21.1. The summed E-state index contributed by atoms with van der Waals surface area (Å²) in [5.74, 6) is 0. The Morgan fingerprint density at radius 2 is 0.906 bits per heavy atom. The average molecular weight is 460 g/mol. The Hall–Kier alpha value is -0.200. The van der Waals surface area contributed by atoms with E-state index >= 15 is 0 Å². The van der Waals surface area contributed by atoms with Crippen LogP contribution in [0.15, 0.2) is 0 Å². The second-order valence-corrected chi connectivity index (χ2v) is 9.84. The van der Waals surface area contributed by atoms with E-state index in [1.165, 1.54) is 64.2 Å². The molecule has 32 heavy (non-hydrogen) atoms. The zero-order valence-electron chi connectivity index (χ0n) is 23.3. The van der Waals surface area contributed by atoms with E-state index in [0.717, 1.165) is 32.4 Å². The van der Waals surface area contributed by atoms with Gasteiger partial charge in [-0.1, -0.05) is 87.5 Å². The maximum Gasteiger partial charge on any atom is 0.0620 e. The topological polar surface area (TPSA) is 65.5 Å². The zero-order valence-corrected chi connectivity index (χ0v) is 23.3. The minimum atomic E-state index is 0.594.